The fraction of sp³-hybridized carbons (Fsp3) is 0.273. The third-order valence-corrected chi connectivity index (χ3v) is 5.64. The van der Waals surface area contributed by atoms with Crippen LogP contribution in [0.1, 0.15) is 32.0 Å². The molecule has 0 atom stereocenters. The number of aromatic amines is 1. The molecule has 0 spiro atoms. The van der Waals surface area contributed by atoms with Gasteiger partial charge in [-0.3, -0.25) is 4.79 Å². The zero-order valence-corrected chi connectivity index (χ0v) is 17.6. The molecule has 4 rings (SSSR count). The van der Waals surface area contributed by atoms with Gasteiger partial charge in [-0.05, 0) is 30.3 Å². The van der Waals surface area contributed by atoms with E-state index in [1.165, 1.54) is 21.3 Å². The fourth-order valence-corrected chi connectivity index (χ4v) is 4.14. The topological polar surface area (TPSA) is 80.9 Å². The largest absolute Gasteiger partial charge is 0.493 e. The molecule has 2 heterocycles. The summed E-state index contributed by atoms with van der Waals surface area (Å²) in [5, 5.41) is 1.23. The number of esters is 1. The molecular weight excluding hydrogens is 408 g/mol. The van der Waals surface area contributed by atoms with Crippen molar-refractivity contribution < 1.29 is 23.8 Å². The van der Waals surface area contributed by atoms with Gasteiger partial charge < -0.3 is 24.1 Å². The average Bonchev–Trinajstić information content (AvgIpc) is 3.14. The summed E-state index contributed by atoms with van der Waals surface area (Å²) in [6.07, 6.45) is 0.685. The molecule has 0 bridgehead atoms. The van der Waals surface area contributed by atoms with Crippen LogP contribution in [0.5, 0.6) is 11.5 Å². The third kappa shape index (κ3) is 3.35. The quantitative estimate of drug-likeness (QED) is 0.639. The number of carbonyl (C=O) groups is 2. The van der Waals surface area contributed by atoms with Crippen LogP contribution in [0.15, 0.2) is 30.3 Å². The van der Waals surface area contributed by atoms with Gasteiger partial charge in [-0.1, -0.05) is 11.6 Å². The van der Waals surface area contributed by atoms with Gasteiger partial charge in [-0.15, -0.1) is 0 Å². The first-order chi connectivity index (χ1) is 14.5. The van der Waals surface area contributed by atoms with Gasteiger partial charge in [0.1, 0.15) is 0 Å². The minimum absolute atomic E-state index is 0.151. The van der Waals surface area contributed by atoms with Crippen molar-refractivity contribution in [1.29, 1.82) is 0 Å². The van der Waals surface area contributed by atoms with E-state index in [1.54, 1.807) is 29.2 Å². The summed E-state index contributed by atoms with van der Waals surface area (Å²) in [7, 11) is 4.35. The highest BCUT2D eigenvalue weighted by Gasteiger charge is 2.26. The SMILES string of the molecule is COC(=O)c1ccc2[nH]c3c(c2c1)CN(C(=O)c1cc(Cl)c(OC)c(OC)c1)CC3. The van der Waals surface area contributed by atoms with Crippen molar-refractivity contribution >= 4 is 34.4 Å². The summed E-state index contributed by atoms with van der Waals surface area (Å²) in [6, 6.07) is 8.61. The molecule has 2 aromatic carbocycles. The molecule has 1 amide bonds. The Kier molecular flexibility index (Phi) is 5.30. The van der Waals surface area contributed by atoms with Crippen LogP contribution in [0.2, 0.25) is 5.02 Å². The number of benzene rings is 2. The van der Waals surface area contributed by atoms with E-state index in [-0.39, 0.29) is 5.91 Å². The zero-order chi connectivity index (χ0) is 21.4. The van der Waals surface area contributed by atoms with Gasteiger partial charge in [-0.25, -0.2) is 4.79 Å². The Balaban J connectivity index is 1.67. The first-order valence-electron chi connectivity index (χ1n) is 9.39. The maximum atomic E-state index is 13.2. The predicted molar refractivity (Wildman–Crippen MR) is 113 cm³/mol. The molecule has 7 nitrogen and oxygen atoms in total. The lowest BCUT2D eigenvalue weighted by molar-refractivity contribution is 0.0600. The van der Waals surface area contributed by atoms with Gasteiger partial charge >= 0.3 is 5.97 Å². The van der Waals surface area contributed by atoms with Crippen LogP contribution >= 0.6 is 11.6 Å². The molecule has 156 valence electrons. The van der Waals surface area contributed by atoms with E-state index in [2.05, 4.69) is 4.98 Å². The number of rotatable bonds is 4. The van der Waals surface area contributed by atoms with E-state index in [0.717, 1.165) is 22.2 Å². The van der Waals surface area contributed by atoms with Crippen LogP contribution in [0, 0.1) is 0 Å². The van der Waals surface area contributed by atoms with Gasteiger partial charge in [0.15, 0.2) is 11.5 Å². The highest BCUT2D eigenvalue weighted by molar-refractivity contribution is 6.32. The van der Waals surface area contributed by atoms with Gasteiger partial charge in [0.05, 0.1) is 31.9 Å². The third-order valence-electron chi connectivity index (χ3n) is 5.36. The van der Waals surface area contributed by atoms with Gasteiger partial charge in [0, 0.05) is 47.2 Å². The van der Waals surface area contributed by atoms with Gasteiger partial charge in [-0.2, -0.15) is 0 Å². The molecule has 1 N–H and O–H groups in total. The number of amides is 1. The lowest BCUT2D eigenvalue weighted by atomic mass is 10.0. The molecule has 0 aliphatic carbocycles. The van der Waals surface area contributed by atoms with E-state index >= 15 is 0 Å². The number of aromatic nitrogens is 1. The van der Waals surface area contributed by atoms with Crippen LogP contribution in [0.4, 0.5) is 0 Å². The second kappa shape index (κ2) is 7.91. The Morgan fingerprint density at radius 3 is 2.57 bits per heavy atom. The van der Waals surface area contributed by atoms with Crippen molar-refractivity contribution in [1.82, 2.24) is 9.88 Å². The van der Waals surface area contributed by atoms with Crippen LogP contribution in [-0.4, -0.2) is 49.6 Å². The molecule has 0 fully saturated rings. The van der Waals surface area contributed by atoms with Crippen molar-refractivity contribution in [3.8, 4) is 11.5 Å². The summed E-state index contributed by atoms with van der Waals surface area (Å²) in [5.74, 6) is 0.252. The van der Waals surface area contributed by atoms with E-state index in [9.17, 15) is 9.59 Å². The highest BCUT2D eigenvalue weighted by Crippen LogP contribution is 2.37. The molecule has 8 heteroatoms. The Morgan fingerprint density at radius 1 is 1.07 bits per heavy atom. The predicted octanol–water partition coefficient (Wildman–Crippen LogP) is 3.82. The Morgan fingerprint density at radius 2 is 1.87 bits per heavy atom. The lowest BCUT2D eigenvalue weighted by Crippen LogP contribution is -2.35. The maximum absolute atomic E-state index is 13.2. The first kappa shape index (κ1) is 20.1. The number of halogens is 1. The zero-order valence-electron chi connectivity index (χ0n) is 16.9. The van der Waals surface area contributed by atoms with Crippen LogP contribution in [-0.2, 0) is 17.7 Å². The van der Waals surface area contributed by atoms with E-state index in [0.29, 0.717) is 47.2 Å². The molecule has 30 heavy (non-hydrogen) atoms. The first-order valence-corrected chi connectivity index (χ1v) is 9.77. The average molecular weight is 429 g/mol. The second-order valence-corrected chi connectivity index (χ2v) is 7.41. The second-order valence-electron chi connectivity index (χ2n) is 7.00. The number of methoxy groups -OCH3 is 3. The smallest absolute Gasteiger partial charge is 0.337 e. The number of carbonyl (C=O) groups excluding carboxylic acids is 2. The number of hydrogen-bond acceptors (Lipinski definition) is 5. The van der Waals surface area contributed by atoms with Crippen LogP contribution in [0.3, 0.4) is 0 Å². The summed E-state index contributed by atoms with van der Waals surface area (Å²) in [4.78, 5) is 30.3. The number of hydrogen-bond donors (Lipinski definition) is 1. The molecule has 1 aliphatic heterocycles. The monoisotopic (exact) mass is 428 g/mol. The normalized spacial score (nSPS) is 13.1. The molecule has 0 radical (unpaired) electrons. The lowest BCUT2D eigenvalue weighted by Gasteiger charge is -2.27. The Labute approximate surface area is 178 Å². The molecular formula is C22H21ClN2O5. The molecule has 1 aromatic heterocycles. The summed E-state index contributed by atoms with van der Waals surface area (Å²) >= 11 is 6.27. The minimum atomic E-state index is -0.393. The highest BCUT2D eigenvalue weighted by atomic mass is 35.5. The van der Waals surface area contributed by atoms with Crippen LogP contribution in [0.25, 0.3) is 10.9 Å². The standard InChI is InChI=1S/C22H21ClN2O5/c1-28-19-10-13(9-16(23)20(19)29-2)21(26)25-7-6-18-15(11-25)14-8-12(22(27)30-3)4-5-17(14)24-18/h4-5,8-10,24H,6-7,11H2,1-3H3. The number of ether oxygens (including phenoxy) is 3. The van der Waals surface area contributed by atoms with E-state index < -0.39 is 5.97 Å². The molecule has 1 aliphatic rings. The number of fused-ring (bicyclic) bond motifs is 3. The maximum Gasteiger partial charge on any atom is 0.337 e. The Hall–Kier alpha value is -3.19. The summed E-state index contributed by atoms with van der Waals surface area (Å²) in [5.41, 5.74) is 3.90. The fourth-order valence-electron chi connectivity index (χ4n) is 3.86. The molecule has 0 saturated heterocycles. The van der Waals surface area contributed by atoms with Crippen molar-refractivity contribution in [2.24, 2.45) is 0 Å². The summed E-state index contributed by atoms with van der Waals surface area (Å²) < 4.78 is 15.4. The van der Waals surface area contributed by atoms with Crippen molar-refractivity contribution in [3.63, 3.8) is 0 Å². The van der Waals surface area contributed by atoms with Crippen molar-refractivity contribution in [2.75, 3.05) is 27.9 Å². The number of H-pyrrole nitrogens is 1. The Bertz CT molecular complexity index is 1150. The summed E-state index contributed by atoms with van der Waals surface area (Å²) in [6.45, 7) is 0.985. The number of nitrogens with one attached hydrogen (secondary N) is 1. The van der Waals surface area contributed by atoms with E-state index in [1.807, 2.05) is 6.07 Å². The number of nitrogens with zero attached hydrogens (tertiary/aromatic N) is 1. The van der Waals surface area contributed by atoms with Gasteiger partial charge in [0.25, 0.3) is 5.91 Å². The molecule has 0 saturated carbocycles. The van der Waals surface area contributed by atoms with Crippen molar-refractivity contribution in [3.05, 3.63) is 57.7 Å². The molecule has 3 aromatic rings. The van der Waals surface area contributed by atoms with Crippen LogP contribution < -0.4 is 9.47 Å². The minimum Gasteiger partial charge on any atom is -0.493 e. The van der Waals surface area contributed by atoms with E-state index in [4.69, 9.17) is 25.8 Å². The van der Waals surface area contributed by atoms with Gasteiger partial charge in [0.2, 0.25) is 0 Å². The van der Waals surface area contributed by atoms with Crippen molar-refractivity contribution in [2.45, 2.75) is 13.0 Å². The molecule has 0 unspecified atom stereocenters.